The van der Waals surface area contributed by atoms with Crippen molar-refractivity contribution < 1.29 is 4.79 Å². The molecule has 1 unspecified atom stereocenters. The van der Waals surface area contributed by atoms with E-state index in [-0.39, 0.29) is 6.04 Å². The van der Waals surface area contributed by atoms with Crippen LogP contribution in [0.2, 0.25) is 0 Å². The van der Waals surface area contributed by atoms with Gasteiger partial charge in [-0.05, 0) is 30.9 Å². The first-order valence-electron chi connectivity index (χ1n) is 4.70. The van der Waals surface area contributed by atoms with E-state index in [9.17, 15) is 4.79 Å². The number of aldehydes is 1. The second-order valence-electron chi connectivity index (χ2n) is 3.44. The Labute approximate surface area is 78.0 Å². The zero-order valence-electron chi connectivity index (χ0n) is 7.49. The van der Waals surface area contributed by atoms with Crippen LogP contribution in [0.25, 0.3) is 0 Å². The van der Waals surface area contributed by atoms with E-state index in [1.165, 1.54) is 5.56 Å². The molecule has 2 nitrogen and oxygen atoms in total. The smallest absolute Gasteiger partial charge is 0.142 e. The highest BCUT2D eigenvalue weighted by Crippen LogP contribution is 2.22. The number of carbonyl (C=O) groups excluding carboxylic acids is 1. The van der Waals surface area contributed by atoms with Crippen molar-refractivity contribution in [3.63, 3.8) is 0 Å². The lowest BCUT2D eigenvalue weighted by atomic mass is 10.1. The van der Waals surface area contributed by atoms with Gasteiger partial charge in [0, 0.05) is 5.69 Å². The van der Waals surface area contributed by atoms with E-state index in [0.29, 0.717) is 0 Å². The molecule has 1 aliphatic heterocycles. The van der Waals surface area contributed by atoms with Gasteiger partial charge in [0.05, 0.1) is 6.04 Å². The maximum absolute atomic E-state index is 10.7. The number of rotatable bonds is 1. The van der Waals surface area contributed by atoms with Crippen LogP contribution in [0.3, 0.4) is 0 Å². The van der Waals surface area contributed by atoms with Gasteiger partial charge in [-0.3, -0.25) is 0 Å². The topological polar surface area (TPSA) is 29.1 Å². The van der Waals surface area contributed by atoms with Crippen molar-refractivity contribution in [1.82, 2.24) is 0 Å². The summed E-state index contributed by atoms with van der Waals surface area (Å²) in [5, 5.41) is 3.24. The monoisotopic (exact) mass is 175 g/mol. The lowest BCUT2D eigenvalue weighted by Crippen LogP contribution is -2.19. The molecule has 2 rings (SSSR count). The normalized spacial score (nSPS) is 21.1. The van der Waals surface area contributed by atoms with Crippen molar-refractivity contribution in [1.29, 1.82) is 0 Å². The van der Waals surface area contributed by atoms with Crippen molar-refractivity contribution in [3.8, 4) is 0 Å². The number of hydrogen-bond acceptors (Lipinski definition) is 2. The number of benzene rings is 1. The molecule has 0 saturated carbocycles. The molecule has 0 fully saturated rings. The van der Waals surface area contributed by atoms with Crippen molar-refractivity contribution in [3.05, 3.63) is 29.8 Å². The summed E-state index contributed by atoms with van der Waals surface area (Å²) in [6, 6.07) is 8.21. The molecule has 13 heavy (non-hydrogen) atoms. The third-order valence-corrected chi connectivity index (χ3v) is 2.48. The van der Waals surface area contributed by atoms with Crippen LogP contribution in [0.5, 0.6) is 0 Å². The lowest BCUT2D eigenvalue weighted by molar-refractivity contribution is -0.108. The van der Waals surface area contributed by atoms with Crippen molar-refractivity contribution in [2.45, 2.75) is 25.3 Å². The molecular weight excluding hydrogens is 162 g/mol. The predicted molar refractivity (Wildman–Crippen MR) is 52.9 cm³/mol. The fraction of sp³-hybridized carbons (Fsp3) is 0.364. The van der Waals surface area contributed by atoms with Gasteiger partial charge in [0.1, 0.15) is 6.29 Å². The SMILES string of the molecule is O=CC1CCCc2ccccc2N1. The van der Waals surface area contributed by atoms with Crippen LogP contribution < -0.4 is 5.32 Å². The average molecular weight is 175 g/mol. The molecule has 0 amide bonds. The van der Waals surface area contributed by atoms with E-state index in [1.54, 1.807) is 0 Å². The molecule has 0 spiro atoms. The summed E-state index contributed by atoms with van der Waals surface area (Å²) in [4.78, 5) is 10.7. The van der Waals surface area contributed by atoms with E-state index < -0.39 is 0 Å². The minimum absolute atomic E-state index is 0.00338. The number of anilines is 1. The molecular formula is C11H13NO. The van der Waals surface area contributed by atoms with E-state index >= 15 is 0 Å². The molecule has 0 aromatic heterocycles. The number of carbonyl (C=O) groups is 1. The van der Waals surface area contributed by atoms with Gasteiger partial charge in [-0.1, -0.05) is 18.2 Å². The Kier molecular flexibility index (Phi) is 2.30. The number of nitrogens with one attached hydrogen (secondary N) is 1. The molecule has 2 heteroatoms. The molecule has 1 aromatic rings. The van der Waals surface area contributed by atoms with Crippen LogP contribution in [0.15, 0.2) is 24.3 Å². The Bertz CT molecular complexity index is 309. The van der Waals surface area contributed by atoms with Gasteiger partial charge < -0.3 is 10.1 Å². The Hall–Kier alpha value is -1.31. The second kappa shape index (κ2) is 3.60. The van der Waals surface area contributed by atoms with E-state index in [0.717, 1.165) is 31.2 Å². The summed E-state index contributed by atoms with van der Waals surface area (Å²) in [7, 11) is 0. The largest absolute Gasteiger partial charge is 0.375 e. The fourth-order valence-corrected chi connectivity index (χ4v) is 1.77. The maximum atomic E-state index is 10.7. The third kappa shape index (κ3) is 1.72. The standard InChI is InChI=1S/C11H13NO/c13-8-10-6-3-5-9-4-1-2-7-11(9)12-10/h1-2,4,7-8,10,12H,3,5-6H2. The number of hydrogen-bond donors (Lipinski definition) is 1. The lowest BCUT2D eigenvalue weighted by Gasteiger charge is -2.10. The first-order chi connectivity index (χ1) is 6.40. The summed E-state index contributed by atoms with van der Waals surface area (Å²) in [6.45, 7) is 0. The summed E-state index contributed by atoms with van der Waals surface area (Å²) in [5.41, 5.74) is 2.45. The first-order valence-corrected chi connectivity index (χ1v) is 4.70. The summed E-state index contributed by atoms with van der Waals surface area (Å²) in [6.07, 6.45) is 4.11. The molecule has 1 N–H and O–H groups in total. The Morgan fingerprint density at radius 2 is 2.23 bits per heavy atom. The van der Waals surface area contributed by atoms with E-state index in [4.69, 9.17) is 0 Å². The van der Waals surface area contributed by atoms with Crippen LogP contribution in [-0.4, -0.2) is 12.3 Å². The van der Waals surface area contributed by atoms with Gasteiger partial charge in [-0.15, -0.1) is 0 Å². The van der Waals surface area contributed by atoms with Crippen molar-refractivity contribution in [2.24, 2.45) is 0 Å². The van der Waals surface area contributed by atoms with Gasteiger partial charge in [-0.2, -0.15) is 0 Å². The fourth-order valence-electron chi connectivity index (χ4n) is 1.77. The van der Waals surface area contributed by atoms with Crippen LogP contribution in [0.1, 0.15) is 18.4 Å². The summed E-state index contributed by atoms with van der Waals surface area (Å²) in [5.74, 6) is 0. The second-order valence-corrected chi connectivity index (χ2v) is 3.44. The Morgan fingerprint density at radius 1 is 1.38 bits per heavy atom. The van der Waals surface area contributed by atoms with Gasteiger partial charge >= 0.3 is 0 Å². The number of fused-ring (bicyclic) bond motifs is 1. The van der Waals surface area contributed by atoms with Crippen LogP contribution >= 0.6 is 0 Å². The molecule has 0 aliphatic carbocycles. The molecule has 1 aliphatic rings. The quantitative estimate of drug-likeness (QED) is 0.661. The minimum atomic E-state index is 0.00338. The molecule has 0 radical (unpaired) electrons. The molecule has 0 saturated heterocycles. The van der Waals surface area contributed by atoms with Gasteiger partial charge in [0.15, 0.2) is 0 Å². The van der Waals surface area contributed by atoms with Crippen molar-refractivity contribution in [2.75, 3.05) is 5.32 Å². The number of para-hydroxylation sites is 1. The molecule has 1 heterocycles. The highest BCUT2D eigenvalue weighted by atomic mass is 16.1. The number of aryl methyl sites for hydroxylation is 1. The van der Waals surface area contributed by atoms with Gasteiger partial charge in [0.2, 0.25) is 0 Å². The average Bonchev–Trinajstić information content (AvgIpc) is 2.38. The van der Waals surface area contributed by atoms with E-state index in [2.05, 4.69) is 11.4 Å². The predicted octanol–water partition coefficient (Wildman–Crippen LogP) is 2.00. The van der Waals surface area contributed by atoms with Crippen LogP contribution in [0.4, 0.5) is 5.69 Å². The van der Waals surface area contributed by atoms with E-state index in [1.807, 2.05) is 18.2 Å². The van der Waals surface area contributed by atoms with Gasteiger partial charge in [0.25, 0.3) is 0 Å². The third-order valence-electron chi connectivity index (χ3n) is 2.48. The first kappa shape index (κ1) is 8.30. The summed E-state index contributed by atoms with van der Waals surface area (Å²) < 4.78 is 0. The molecule has 0 bridgehead atoms. The maximum Gasteiger partial charge on any atom is 0.142 e. The molecule has 1 atom stereocenters. The highest BCUT2D eigenvalue weighted by Gasteiger charge is 2.13. The van der Waals surface area contributed by atoms with Crippen LogP contribution in [0, 0.1) is 0 Å². The van der Waals surface area contributed by atoms with Gasteiger partial charge in [-0.25, -0.2) is 0 Å². The Balaban J connectivity index is 2.28. The summed E-state index contributed by atoms with van der Waals surface area (Å²) >= 11 is 0. The molecule has 1 aromatic carbocycles. The zero-order chi connectivity index (χ0) is 9.10. The zero-order valence-corrected chi connectivity index (χ0v) is 7.49. The molecule has 68 valence electrons. The van der Waals surface area contributed by atoms with Crippen LogP contribution in [-0.2, 0) is 11.2 Å². The highest BCUT2D eigenvalue weighted by molar-refractivity contribution is 5.66. The van der Waals surface area contributed by atoms with Crippen molar-refractivity contribution >= 4 is 12.0 Å². The Morgan fingerprint density at radius 3 is 3.08 bits per heavy atom. The minimum Gasteiger partial charge on any atom is -0.375 e.